The zero-order valence-electron chi connectivity index (χ0n) is 15.3. The van der Waals surface area contributed by atoms with E-state index >= 15 is 0 Å². The molecule has 0 saturated carbocycles. The van der Waals surface area contributed by atoms with Crippen LogP contribution in [0.2, 0.25) is 0 Å². The van der Waals surface area contributed by atoms with Gasteiger partial charge in [-0.3, -0.25) is 4.79 Å². The van der Waals surface area contributed by atoms with E-state index in [9.17, 15) is 4.79 Å². The Balaban J connectivity index is 1.54. The van der Waals surface area contributed by atoms with Crippen LogP contribution in [-0.2, 0) is 4.79 Å². The average Bonchev–Trinajstić information content (AvgIpc) is 3.10. The predicted octanol–water partition coefficient (Wildman–Crippen LogP) is 5.84. The minimum Gasteiger partial charge on any atom is -0.488 e. The highest BCUT2D eigenvalue weighted by atomic mass is 32.1. The molecule has 4 rings (SSSR count). The minimum absolute atomic E-state index is 0.0612. The third kappa shape index (κ3) is 3.67. The van der Waals surface area contributed by atoms with E-state index in [4.69, 9.17) is 9.47 Å². The number of hydrogen-bond acceptors (Lipinski definition) is 4. The highest BCUT2D eigenvalue weighted by Gasteiger charge is 2.16. The van der Waals surface area contributed by atoms with Crippen molar-refractivity contribution in [2.75, 3.05) is 6.61 Å². The van der Waals surface area contributed by atoms with E-state index in [0.717, 1.165) is 23.3 Å². The highest BCUT2D eigenvalue weighted by Crippen LogP contribution is 2.37. The van der Waals surface area contributed by atoms with Crippen molar-refractivity contribution in [3.05, 3.63) is 75.5 Å². The van der Waals surface area contributed by atoms with Crippen LogP contribution in [0.3, 0.4) is 0 Å². The van der Waals surface area contributed by atoms with E-state index in [1.807, 2.05) is 30.3 Å². The third-order valence-electron chi connectivity index (χ3n) is 4.61. The summed E-state index contributed by atoms with van der Waals surface area (Å²) >= 11 is 1.76. The zero-order valence-corrected chi connectivity index (χ0v) is 16.1. The third-order valence-corrected chi connectivity index (χ3v) is 5.82. The molecule has 2 heterocycles. The fourth-order valence-corrected chi connectivity index (χ4v) is 4.21. The second-order valence-corrected chi connectivity index (χ2v) is 7.86. The van der Waals surface area contributed by atoms with Crippen molar-refractivity contribution in [1.29, 1.82) is 0 Å². The molecule has 4 heteroatoms. The number of rotatable bonds is 5. The molecule has 0 saturated heterocycles. The predicted molar refractivity (Wildman–Crippen MR) is 110 cm³/mol. The van der Waals surface area contributed by atoms with Gasteiger partial charge in [-0.25, -0.2) is 0 Å². The fourth-order valence-electron chi connectivity index (χ4n) is 3.17. The summed E-state index contributed by atoms with van der Waals surface area (Å²) in [6, 6.07) is 18.4. The Labute approximate surface area is 162 Å². The first-order valence-electron chi connectivity index (χ1n) is 8.89. The summed E-state index contributed by atoms with van der Waals surface area (Å²) in [7, 11) is 0. The second kappa shape index (κ2) is 7.41. The molecule has 0 aliphatic carbocycles. The van der Waals surface area contributed by atoms with Crippen LogP contribution in [-0.4, -0.2) is 12.9 Å². The molecule has 2 aromatic carbocycles. The van der Waals surface area contributed by atoms with E-state index in [2.05, 4.69) is 44.2 Å². The van der Waals surface area contributed by atoms with Gasteiger partial charge >= 0.3 is 0 Å². The van der Waals surface area contributed by atoms with E-state index < -0.39 is 0 Å². The van der Waals surface area contributed by atoms with E-state index in [-0.39, 0.29) is 6.10 Å². The molecule has 1 aliphatic rings. The summed E-state index contributed by atoms with van der Waals surface area (Å²) in [6.45, 7) is 4.51. The maximum atomic E-state index is 10.9. The molecule has 0 N–H and O–H groups in total. The first kappa shape index (κ1) is 17.6. The van der Waals surface area contributed by atoms with Gasteiger partial charge in [0.1, 0.15) is 30.5 Å². The number of thiophene rings is 1. The van der Waals surface area contributed by atoms with E-state index in [1.165, 1.54) is 20.9 Å². The highest BCUT2D eigenvalue weighted by molar-refractivity contribution is 7.12. The maximum Gasteiger partial charge on any atom is 0.149 e. The van der Waals surface area contributed by atoms with E-state index in [0.29, 0.717) is 12.2 Å². The average molecular weight is 376 g/mol. The van der Waals surface area contributed by atoms with Gasteiger partial charge in [0.05, 0.1) is 0 Å². The van der Waals surface area contributed by atoms with Gasteiger partial charge in [0, 0.05) is 27.0 Å². The Hall–Kier alpha value is -2.85. The summed E-state index contributed by atoms with van der Waals surface area (Å²) in [4.78, 5) is 13.4. The Morgan fingerprint density at radius 1 is 1.15 bits per heavy atom. The van der Waals surface area contributed by atoms with Crippen LogP contribution in [0.15, 0.2) is 60.2 Å². The van der Waals surface area contributed by atoms with Crippen molar-refractivity contribution >= 4 is 23.7 Å². The van der Waals surface area contributed by atoms with Gasteiger partial charge in [0.15, 0.2) is 0 Å². The molecule has 1 unspecified atom stereocenters. The van der Waals surface area contributed by atoms with Crippen molar-refractivity contribution in [2.24, 2.45) is 0 Å². The molecule has 3 aromatic rings. The van der Waals surface area contributed by atoms with Crippen LogP contribution < -0.4 is 9.47 Å². The van der Waals surface area contributed by atoms with Gasteiger partial charge in [0.2, 0.25) is 0 Å². The van der Waals surface area contributed by atoms with Crippen LogP contribution in [0.4, 0.5) is 0 Å². The molecular formula is C23H20O3S. The molecule has 136 valence electrons. The lowest BCUT2D eigenvalue weighted by Crippen LogP contribution is -2.08. The zero-order chi connectivity index (χ0) is 18.8. The largest absolute Gasteiger partial charge is 0.488 e. The number of aryl methyl sites for hydroxylation is 1. The molecule has 0 bridgehead atoms. The first-order valence-corrected chi connectivity index (χ1v) is 9.70. The van der Waals surface area contributed by atoms with Crippen molar-refractivity contribution in [3.8, 4) is 22.6 Å². The first-order chi connectivity index (χ1) is 13.1. The summed E-state index contributed by atoms with van der Waals surface area (Å²) in [5.41, 5.74) is 4.03. The van der Waals surface area contributed by atoms with Crippen LogP contribution in [0, 0.1) is 6.92 Å². The molecular weight excluding hydrogens is 356 g/mol. The van der Waals surface area contributed by atoms with Crippen LogP contribution >= 0.6 is 11.3 Å². The van der Waals surface area contributed by atoms with Crippen molar-refractivity contribution in [1.82, 2.24) is 0 Å². The molecule has 0 radical (unpaired) electrons. The Morgan fingerprint density at radius 3 is 2.74 bits per heavy atom. The number of ether oxygens (including phenoxy) is 2. The van der Waals surface area contributed by atoms with Crippen molar-refractivity contribution in [2.45, 2.75) is 20.0 Å². The van der Waals surface area contributed by atoms with Gasteiger partial charge in [-0.15, -0.1) is 11.3 Å². The minimum atomic E-state index is -0.0612. The molecule has 1 atom stereocenters. The quantitative estimate of drug-likeness (QED) is 0.525. The van der Waals surface area contributed by atoms with Crippen LogP contribution in [0.1, 0.15) is 28.3 Å². The second-order valence-electron chi connectivity index (χ2n) is 6.57. The smallest absolute Gasteiger partial charge is 0.149 e. The fraction of sp³-hybridized carbons (Fsp3) is 0.174. The Kier molecular flexibility index (Phi) is 4.82. The summed E-state index contributed by atoms with van der Waals surface area (Å²) in [6.07, 6.45) is 2.63. The Bertz CT molecular complexity index is 1000. The molecule has 0 amide bonds. The number of fused-ring (bicyclic) bond motifs is 1. The number of carbonyl (C=O) groups excluding carboxylic acids is 1. The number of hydrogen-bond donors (Lipinski definition) is 0. The topological polar surface area (TPSA) is 35.5 Å². The molecule has 27 heavy (non-hydrogen) atoms. The van der Waals surface area contributed by atoms with Gasteiger partial charge < -0.3 is 9.47 Å². The molecule has 1 aliphatic heterocycles. The summed E-state index contributed by atoms with van der Waals surface area (Å²) in [5.74, 6) is 1.51. The number of benzene rings is 2. The number of aldehydes is 1. The SMILES string of the molecule is Cc1sc(C(C)Oc2ccc3c(c2)OCC(C=O)=C3)cc1-c1ccccc1. The summed E-state index contributed by atoms with van der Waals surface area (Å²) < 4.78 is 11.8. The van der Waals surface area contributed by atoms with Crippen LogP contribution in [0.5, 0.6) is 11.5 Å². The lowest BCUT2D eigenvalue weighted by atomic mass is 10.1. The molecule has 0 spiro atoms. The van der Waals surface area contributed by atoms with Crippen molar-refractivity contribution < 1.29 is 14.3 Å². The summed E-state index contributed by atoms with van der Waals surface area (Å²) in [5, 5.41) is 0. The standard InChI is InChI=1S/C23H20O3S/c1-15(23-12-21(16(2)27-23)18-6-4-3-5-7-18)26-20-9-8-19-10-17(13-24)14-25-22(19)11-20/h3-13,15H,14H2,1-2H3. The maximum absolute atomic E-state index is 10.9. The van der Waals surface area contributed by atoms with Crippen molar-refractivity contribution in [3.63, 3.8) is 0 Å². The van der Waals surface area contributed by atoms with Gasteiger partial charge in [-0.1, -0.05) is 30.3 Å². The van der Waals surface area contributed by atoms with Gasteiger partial charge in [-0.05, 0) is 49.2 Å². The number of carbonyl (C=O) groups is 1. The van der Waals surface area contributed by atoms with Gasteiger partial charge in [-0.2, -0.15) is 0 Å². The Morgan fingerprint density at radius 2 is 1.96 bits per heavy atom. The lowest BCUT2D eigenvalue weighted by Gasteiger charge is -2.18. The normalized spacial score (nSPS) is 13.9. The molecule has 3 nitrogen and oxygen atoms in total. The van der Waals surface area contributed by atoms with E-state index in [1.54, 1.807) is 11.3 Å². The van der Waals surface area contributed by atoms with Crippen LogP contribution in [0.25, 0.3) is 17.2 Å². The molecule has 1 aromatic heterocycles. The monoisotopic (exact) mass is 376 g/mol. The van der Waals surface area contributed by atoms with Gasteiger partial charge in [0.25, 0.3) is 0 Å². The molecule has 0 fully saturated rings. The lowest BCUT2D eigenvalue weighted by molar-refractivity contribution is -0.105.